The molecular weight excluding hydrogens is 386 g/mol. The number of fused-ring (bicyclic) bond motifs is 1. The number of nitrogens with zero attached hydrogens (tertiary/aromatic N) is 4. The van der Waals surface area contributed by atoms with Gasteiger partial charge in [-0.05, 0) is 62.6 Å². The zero-order chi connectivity index (χ0) is 21.4. The number of aromatic nitrogens is 2. The standard InChI is InChI=1S/C25H25N5O/c1-17-2-8-21(9-3-17)30-24(20-6-4-18(15-26)5-7-20)14-22(28-30)25(31)29-13-11-19-10-12-27-23(19)16-29/h2-9,14,19,23,27H,10-13,16H2,1H3. The molecule has 1 aromatic heterocycles. The molecule has 2 aliphatic heterocycles. The first-order chi connectivity index (χ1) is 15.1. The Morgan fingerprint density at radius 1 is 1.13 bits per heavy atom. The first kappa shape index (κ1) is 19.5. The van der Waals surface area contributed by atoms with E-state index < -0.39 is 0 Å². The van der Waals surface area contributed by atoms with E-state index in [0.29, 0.717) is 23.2 Å². The molecule has 2 saturated heterocycles. The van der Waals surface area contributed by atoms with E-state index >= 15 is 0 Å². The van der Waals surface area contributed by atoms with Crippen molar-refractivity contribution in [2.75, 3.05) is 19.6 Å². The molecule has 0 spiro atoms. The van der Waals surface area contributed by atoms with E-state index in [0.717, 1.165) is 43.0 Å². The normalized spacial score (nSPS) is 20.3. The Morgan fingerprint density at radius 3 is 2.65 bits per heavy atom. The number of carbonyl (C=O) groups is 1. The van der Waals surface area contributed by atoms with Crippen molar-refractivity contribution in [2.45, 2.75) is 25.8 Å². The van der Waals surface area contributed by atoms with Gasteiger partial charge in [0.1, 0.15) is 0 Å². The molecule has 0 bridgehead atoms. The highest BCUT2D eigenvalue weighted by atomic mass is 16.2. The van der Waals surface area contributed by atoms with Crippen LogP contribution in [-0.2, 0) is 0 Å². The van der Waals surface area contributed by atoms with E-state index in [2.05, 4.69) is 11.4 Å². The zero-order valence-corrected chi connectivity index (χ0v) is 17.6. The maximum absolute atomic E-state index is 13.4. The van der Waals surface area contributed by atoms with Crippen molar-refractivity contribution in [2.24, 2.45) is 5.92 Å². The van der Waals surface area contributed by atoms with Crippen molar-refractivity contribution in [3.05, 3.63) is 71.4 Å². The maximum atomic E-state index is 13.4. The third kappa shape index (κ3) is 3.73. The monoisotopic (exact) mass is 411 g/mol. The molecule has 3 aromatic rings. The smallest absolute Gasteiger partial charge is 0.274 e. The Morgan fingerprint density at radius 2 is 1.90 bits per heavy atom. The Balaban J connectivity index is 1.51. The minimum Gasteiger partial charge on any atom is -0.336 e. The minimum atomic E-state index is -0.0205. The van der Waals surface area contributed by atoms with Crippen LogP contribution in [0.1, 0.15) is 34.5 Å². The fourth-order valence-corrected chi connectivity index (χ4v) is 4.67. The average Bonchev–Trinajstić information content (AvgIpc) is 3.46. The van der Waals surface area contributed by atoms with E-state index in [1.807, 2.05) is 59.0 Å². The van der Waals surface area contributed by atoms with E-state index in [-0.39, 0.29) is 5.91 Å². The van der Waals surface area contributed by atoms with E-state index in [4.69, 9.17) is 10.4 Å². The summed E-state index contributed by atoms with van der Waals surface area (Å²) in [5.41, 5.74) is 4.89. The van der Waals surface area contributed by atoms with Crippen LogP contribution >= 0.6 is 0 Å². The number of likely N-dealkylation sites (tertiary alicyclic amines) is 1. The average molecular weight is 412 g/mol. The Kier molecular flexibility index (Phi) is 5.05. The molecule has 5 rings (SSSR count). The molecule has 1 N–H and O–H groups in total. The van der Waals surface area contributed by atoms with Crippen molar-refractivity contribution in [3.8, 4) is 23.0 Å². The number of piperidine rings is 1. The summed E-state index contributed by atoms with van der Waals surface area (Å²) in [6.45, 7) is 4.62. The SMILES string of the molecule is Cc1ccc(-n2nc(C(=O)N3CCC4CCNC4C3)cc2-c2ccc(C#N)cc2)cc1. The number of aryl methyl sites for hydroxylation is 1. The molecule has 1 amide bonds. The summed E-state index contributed by atoms with van der Waals surface area (Å²) in [7, 11) is 0. The van der Waals surface area contributed by atoms with Gasteiger partial charge in [-0.2, -0.15) is 10.4 Å². The molecule has 2 atom stereocenters. The first-order valence-corrected chi connectivity index (χ1v) is 10.8. The molecule has 6 heteroatoms. The third-order valence-electron chi connectivity index (χ3n) is 6.48. The Hall–Kier alpha value is -3.43. The van der Waals surface area contributed by atoms with Crippen LogP contribution in [0.5, 0.6) is 0 Å². The molecule has 0 saturated carbocycles. The van der Waals surface area contributed by atoms with Gasteiger partial charge in [-0.3, -0.25) is 4.79 Å². The molecular formula is C25H25N5O. The zero-order valence-electron chi connectivity index (χ0n) is 17.6. The molecule has 6 nitrogen and oxygen atoms in total. The van der Waals surface area contributed by atoms with Gasteiger partial charge >= 0.3 is 0 Å². The third-order valence-corrected chi connectivity index (χ3v) is 6.48. The van der Waals surface area contributed by atoms with E-state index in [9.17, 15) is 4.79 Å². The van der Waals surface area contributed by atoms with Crippen LogP contribution in [0.2, 0.25) is 0 Å². The molecule has 2 fully saturated rings. The van der Waals surface area contributed by atoms with Gasteiger partial charge in [0.25, 0.3) is 5.91 Å². The lowest BCUT2D eigenvalue weighted by Crippen LogP contribution is -2.48. The van der Waals surface area contributed by atoms with Crippen molar-refractivity contribution >= 4 is 5.91 Å². The highest BCUT2D eigenvalue weighted by Crippen LogP contribution is 2.28. The summed E-state index contributed by atoms with van der Waals surface area (Å²) >= 11 is 0. The summed E-state index contributed by atoms with van der Waals surface area (Å²) in [4.78, 5) is 15.3. The Labute approximate surface area is 182 Å². The van der Waals surface area contributed by atoms with Crippen LogP contribution in [0.25, 0.3) is 16.9 Å². The second kappa shape index (κ2) is 8.01. The van der Waals surface area contributed by atoms with Crippen molar-refractivity contribution in [1.82, 2.24) is 20.0 Å². The summed E-state index contributed by atoms with van der Waals surface area (Å²) in [6.07, 6.45) is 2.25. The first-order valence-electron chi connectivity index (χ1n) is 10.8. The lowest BCUT2D eigenvalue weighted by molar-refractivity contribution is 0.0663. The van der Waals surface area contributed by atoms with E-state index in [1.54, 1.807) is 12.1 Å². The van der Waals surface area contributed by atoms with Gasteiger partial charge in [0.2, 0.25) is 0 Å². The summed E-state index contributed by atoms with van der Waals surface area (Å²) < 4.78 is 1.83. The van der Waals surface area contributed by atoms with E-state index in [1.165, 1.54) is 12.0 Å². The number of benzene rings is 2. The summed E-state index contributed by atoms with van der Waals surface area (Å²) in [6, 6.07) is 19.9. The number of nitrogens with one attached hydrogen (secondary N) is 1. The molecule has 2 aromatic carbocycles. The minimum absolute atomic E-state index is 0.0205. The van der Waals surface area contributed by atoms with Crippen LogP contribution < -0.4 is 5.32 Å². The van der Waals surface area contributed by atoms with Gasteiger partial charge in [0, 0.05) is 24.7 Å². The molecule has 31 heavy (non-hydrogen) atoms. The second-order valence-corrected chi connectivity index (χ2v) is 8.50. The van der Waals surface area contributed by atoms with Gasteiger partial charge in [0.15, 0.2) is 5.69 Å². The fraction of sp³-hybridized carbons (Fsp3) is 0.320. The molecule has 156 valence electrons. The second-order valence-electron chi connectivity index (χ2n) is 8.50. The quantitative estimate of drug-likeness (QED) is 0.715. The van der Waals surface area contributed by atoms with Crippen molar-refractivity contribution in [1.29, 1.82) is 5.26 Å². The van der Waals surface area contributed by atoms with Crippen LogP contribution in [-0.4, -0.2) is 46.3 Å². The largest absolute Gasteiger partial charge is 0.336 e. The molecule has 2 unspecified atom stereocenters. The van der Waals surface area contributed by atoms with Gasteiger partial charge < -0.3 is 10.2 Å². The predicted octanol–water partition coefficient (Wildman–Crippen LogP) is 3.54. The van der Waals surface area contributed by atoms with Gasteiger partial charge in [0.05, 0.1) is 23.0 Å². The summed E-state index contributed by atoms with van der Waals surface area (Å²) in [5, 5.41) is 17.4. The predicted molar refractivity (Wildman–Crippen MR) is 119 cm³/mol. The van der Waals surface area contributed by atoms with Gasteiger partial charge in [-0.15, -0.1) is 0 Å². The lowest BCUT2D eigenvalue weighted by Gasteiger charge is -2.34. The van der Waals surface area contributed by atoms with Crippen molar-refractivity contribution < 1.29 is 4.79 Å². The number of hydrogen-bond donors (Lipinski definition) is 1. The van der Waals surface area contributed by atoms with Gasteiger partial charge in [-0.25, -0.2) is 4.68 Å². The number of carbonyl (C=O) groups excluding carboxylic acids is 1. The highest BCUT2D eigenvalue weighted by molar-refractivity contribution is 5.93. The maximum Gasteiger partial charge on any atom is 0.274 e. The fourth-order valence-electron chi connectivity index (χ4n) is 4.67. The van der Waals surface area contributed by atoms with Crippen LogP contribution in [0.15, 0.2) is 54.6 Å². The molecule has 2 aliphatic rings. The molecule has 0 radical (unpaired) electrons. The summed E-state index contributed by atoms with van der Waals surface area (Å²) in [5.74, 6) is 0.663. The number of amides is 1. The molecule has 3 heterocycles. The van der Waals surface area contributed by atoms with Gasteiger partial charge in [-0.1, -0.05) is 29.8 Å². The van der Waals surface area contributed by atoms with Crippen LogP contribution in [0.3, 0.4) is 0 Å². The van der Waals surface area contributed by atoms with Crippen LogP contribution in [0.4, 0.5) is 0 Å². The molecule has 0 aliphatic carbocycles. The number of nitriles is 1. The lowest BCUT2D eigenvalue weighted by atomic mass is 9.92. The number of hydrogen-bond acceptors (Lipinski definition) is 4. The Bertz CT molecular complexity index is 1140. The highest BCUT2D eigenvalue weighted by Gasteiger charge is 2.35. The van der Waals surface area contributed by atoms with Crippen LogP contribution in [0, 0.1) is 24.2 Å². The van der Waals surface area contributed by atoms with Crippen molar-refractivity contribution in [3.63, 3.8) is 0 Å². The number of rotatable bonds is 3. The topological polar surface area (TPSA) is 74.0 Å².